The molecule has 0 saturated heterocycles. The number of nitrogens with zero attached hydrogens (tertiary/aromatic N) is 2. The molecular formula is C40H64N2O4. The lowest BCUT2D eigenvalue weighted by atomic mass is 10.0. The summed E-state index contributed by atoms with van der Waals surface area (Å²) >= 11 is 0. The molecular weight excluding hydrogens is 572 g/mol. The van der Waals surface area contributed by atoms with E-state index in [1.54, 1.807) is 0 Å². The smallest absolute Gasteiger partial charge is 0.320 e. The first-order valence-electron chi connectivity index (χ1n) is 18.3. The van der Waals surface area contributed by atoms with Gasteiger partial charge in [-0.25, -0.2) is 0 Å². The van der Waals surface area contributed by atoms with Crippen molar-refractivity contribution < 1.29 is 19.1 Å². The Labute approximate surface area is 281 Å². The van der Waals surface area contributed by atoms with Crippen molar-refractivity contribution in [3.8, 4) is 11.1 Å². The standard InChI is InChI=1S/C40H64N2O4/c1-5-7-9-11-13-15-17-19-27-41(3)31-39(43)45-33-35-23-21-25-37(29-35)38-26-22-24-36(30-38)34-46-40(44)32-42(4)28-20-18-16-14-12-10-8-6-2/h21-26,29-30H,5-20,27-28,31-34H2,1-4H3. The maximum Gasteiger partial charge on any atom is 0.320 e. The van der Waals surface area contributed by atoms with Crippen LogP contribution in [-0.2, 0) is 32.3 Å². The van der Waals surface area contributed by atoms with Gasteiger partial charge in [-0.15, -0.1) is 0 Å². The van der Waals surface area contributed by atoms with E-state index in [0.717, 1.165) is 48.2 Å². The van der Waals surface area contributed by atoms with Gasteiger partial charge in [0.25, 0.3) is 0 Å². The van der Waals surface area contributed by atoms with Crippen molar-refractivity contribution >= 4 is 11.9 Å². The van der Waals surface area contributed by atoms with E-state index in [9.17, 15) is 9.59 Å². The molecule has 0 bridgehead atoms. The van der Waals surface area contributed by atoms with Crippen LogP contribution in [0.4, 0.5) is 0 Å². The summed E-state index contributed by atoms with van der Waals surface area (Å²) in [6.07, 6.45) is 20.5. The van der Waals surface area contributed by atoms with Gasteiger partial charge in [0.2, 0.25) is 0 Å². The van der Waals surface area contributed by atoms with Crippen LogP contribution in [0.2, 0.25) is 0 Å². The van der Waals surface area contributed by atoms with E-state index in [0.29, 0.717) is 13.1 Å². The quantitative estimate of drug-likeness (QED) is 0.0719. The Morgan fingerprint density at radius 1 is 0.522 bits per heavy atom. The molecule has 46 heavy (non-hydrogen) atoms. The Kier molecular flexibility index (Phi) is 21.8. The summed E-state index contributed by atoms with van der Waals surface area (Å²) in [7, 11) is 3.98. The first-order chi connectivity index (χ1) is 22.4. The Balaban J connectivity index is 1.68. The molecule has 0 aromatic heterocycles. The number of unbranched alkanes of at least 4 members (excludes halogenated alkanes) is 14. The number of rotatable bonds is 27. The first kappa shape index (κ1) is 39.5. The van der Waals surface area contributed by atoms with Crippen LogP contribution >= 0.6 is 0 Å². The molecule has 0 aliphatic heterocycles. The number of benzene rings is 2. The summed E-state index contributed by atoms with van der Waals surface area (Å²) in [5, 5.41) is 0. The second kappa shape index (κ2) is 25.4. The van der Waals surface area contributed by atoms with Gasteiger partial charge in [-0.05, 0) is 74.4 Å². The average molecular weight is 637 g/mol. The van der Waals surface area contributed by atoms with E-state index < -0.39 is 0 Å². The van der Waals surface area contributed by atoms with Crippen molar-refractivity contribution in [2.45, 2.75) is 130 Å². The third-order valence-electron chi connectivity index (χ3n) is 8.57. The molecule has 0 unspecified atom stereocenters. The molecule has 258 valence electrons. The third kappa shape index (κ3) is 19.1. The number of hydrogen-bond donors (Lipinski definition) is 0. The molecule has 0 radical (unpaired) electrons. The minimum absolute atomic E-state index is 0.195. The van der Waals surface area contributed by atoms with Crippen LogP contribution in [0.3, 0.4) is 0 Å². The largest absolute Gasteiger partial charge is 0.460 e. The predicted octanol–water partition coefficient (Wildman–Crippen LogP) is 9.59. The van der Waals surface area contributed by atoms with Gasteiger partial charge in [-0.2, -0.15) is 0 Å². The molecule has 6 heteroatoms. The van der Waals surface area contributed by atoms with Gasteiger partial charge in [0, 0.05) is 0 Å². The van der Waals surface area contributed by atoms with Crippen LogP contribution in [0, 0.1) is 0 Å². The fourth-order valence-corrected chi connectivity index (χ4v) is 5.73. The molecule has 2 aromatic carbocycles. The summed E-state index contributed by atoms with van der Waals surface area (Å²) in [5.74, 6) is -0.389. The number of carbonyl (C=O) groups excluding carboxylic acids is 2. The zero-order valence-corrected chi connectivity index (χ0v) is 29.7. The third-order valence-corrected chi connectivity index (χ3v) is 8.57. The minimum Gasteiger partial charge on any atom is -0.460 e. The summed E-state index contributed by atoms with van der Waals surface area (Å²) in [4.78, 5) is 29.1. The van der Waals surface area contributed by atoms with E-state index in [1.165, 1.54) is 89.9 Å². The van der Waals surface area contributed by atoms with Crippen LogP contribution in [-0.4, -0.2) is 62.0 Å². The fraction of sp³-hybridized carbons (Fsp3) is 0.650. The topological polar surface area (TPSA) is 59.1 Å². The van der Waals surface area contributed by atoms with Crippen molar-refractivity contribution in [2.24, 2.45) is 0 Å². The lowest BCUT2D eigenvalue weighted by molar-refractivity contribution is -0.146. The monoisotopic (exact) mass is 636 g/mol. The molecule has 2 aromatic rings. The van der Waals surface area contributed by atoms with Gasteiger partial charge in [0.1, 0.15) is 13.2 Å². The van der Waals surface area contributed by atoms with Crippen LogP contribution < -0.4 is 0 Å². The number of carbonyl (C=O) groups is 2. The van der Waals surface area contributed by atoms with E-state index in [1.807, 2.05) is 50.5 Å². The summed E-state index contributed by atoms with van der Waals surface area (Å²) in [5.41, 5.74) is 3.98. The van der Waals surface area contributed by atoms with Crippen LogP contribution in [0.15, 0.2) is 48.5 Å². The highest BCUT2D eigenvalue weighted by atomic mass is 16.5. The molecule has 0 saturated carbocycles. The lowest BCUT2D eigenvalue weighted by Crippen LogP contribution is -2.28. The van der Waals surface area contributed by atoms with Gasteiger partial charge in [-0.3, -0.25) is 19.4 Å². The van der Waals surface area contributed by atoms with Crippen LogP contribution in [0.25, 0.3) is 11.1 Å². The Morgan fingerprint density at radius 3 is 1.24 bits per heavy atom. The Morgan fingerprint density at radius 2 is 0.870 bits per heavy atom. The normalized spacial score (nSPS) is 11.3. The molecule has 0 aliphatic carbocycles. The highest BCUT2D eigenvalue weighted by Gasteiger charge is 2.11. The zero-order valence-electron chi connectivity index (χ0n) is 29.7. The zero-order chi connectivity index (χ0) is 33.2. The van der Waals surface area contributed by atoms with Crippen molar-refractivity contribution in [1.82, 2.24) is 9.80 Å². The van der Waals surface area contributed by atoms with E-state index in [2.05, 4.69) is 35.8 Å². The molecule has 0 fully saturated rings. The van der Waals surface area contributed by atoms with E-state index in [4.69, 9.17) is 9.47 Å². The summed E-state index contributed by atoms with van der Waals surface area (Å²) < 4.78 is 11.2. The van der Waals surface area contributed by atoms with Gasteiger partial charge in [-0.1, -0.05) is 140 Å². The fourth-order valence-electron chi connectivity index (χ4n) is 5.73. The molecule has 2 rings (SSSR count). The minimum atomic E-state index is -0.195. The van der Waals surface area contributed by atoms with Crippen molar-refractivity contribution in [3.63, 3.8) is 0 Å². The van der Waals surface area contributed by atoms with Crippen molar-refractivity contribution in [2.75, 3.05) is 40.3 Å². The van der Waals surface area contributed by atoms with Crippen molar-refractivity contribution in [3.05, 3.63) is 59.7 Å². The molecule has 0 amide bonds. The molecule has 0 N–H and O–H groups in total. The molecule has 6 nitrogen and oxygen atoms in total. The summed E-state index contributed by atoms with van der Waals surface area (Å²) in [6, 6.07) is 16.2. The summed E-state index contributed by atoms with van der Waals surface area (Å²) in [6.45, 7) is 7.46. The molecule has 0 heterocycles. The molecule has 0 aliphatic rings. The highest BCUT2D eigenvalue weighted by molar-refractivity contribution is 5.72. The average Bonchev–Trinajstić information content (AvgIpc) is 3.05. The van der Waals surface area contributed by atoms with Crippen LogP contribution in [0.5, 0.6) is 0 Å². The number of likely N-dealkylation sites (N-methyl/N-ethyl adjacent to an activating group) is 2. The lowest BCUT2D eigenvalue weighted by Gasteiger charge is -2.16. The second-order valence-corrected chi connectivity index (χ2v) is 13.1. The Hall–Kier alpha value is -2.70. The predicted molar refractivity (Wildman–Crippen MR) is 192 cm³/mol. The van der Waals surface area contributed by atoms with Crippen LogP contribution in [0.1, 0.15) is 128 Å². The number of ether oxygens (including phenoxy) is 2. The van der Waals surface area contributed by atoms with Gasteiger partial charge in [0.05, 0.1) is 13.1 Å². The number of esters is 2. The van der Waals surface area contributed by atoms with Gasteiger partial charge < -0.3 is 9.47 Å². The van der Waals surface area contributed by atoms with E-state index in [-0.39, 0.29) is 25.2 Å². The maximum absolute atomic E-state index is 12.5. The van der Waals surface area contributed by atoms with Gasteiger partial charge in [0.15, 0.2) is 0 Å². The molecule has 0 spiro atoms. The van der Waals surface area contributed by atoms with Gasteiger partial charge >= 0.3 is 11.9 Å². The SMILES string of the molecule is CCCCCCCCCCN(C)CC(=O)OCc1cccc(-c2cccc(COC(=O)CN(C)CCCCCCCCCC)c2)c1. The second-order valence-electron chi connectivity index (χ2n) is 13.1. The number of hydrogen-bond acceptors (Lipinski definition) is 6. The van der Waals surface area contributed by atoms with Crippen molar-refractivity contribution in [1.29, 1.82) is 0 Å². The first-order valence-corrected chi connectivity index (χ1v) is 18.3. The Bertz CT molecular complexity index is 1000. The van der Waals surface area contributed by atoms with E-state index >= 15 is 0 Å². The molecule has 0 atom stereocenters. The highest BCUT2D eigenvalue weighted by Crippen LogP contribution is 2.22. The maximum atomic E-state index is 12.5.